The van der Waals surface area contributed by atoms with Gasteiger partial charge in [-0.2, -0.15) is 5.10 Å². The highest BCUT2D eigenvalue weighted by atomic mass is 16.5. The van der Waals surface area contributed by atoms with Gasteiger partial charge in [-0.15, -0.1) is 0 Å². The Hall–Kier alpha value is -2.57. The normalized spacial score (nSPS) is 15.3. The first-order valence-electron chi connectivity index (χ1n) is 8.88. The fourth-order valence-electron chi connectivity index (χ4n) is 2.97. The van der Waals surface area contributed by atoms with Gasteiger partial charge in [0, 0.05) is 17.7 Å². The maximum Gasteiger partial charge on any atom is 0.243 e. The fourth-order valence-corrected chi connectivity index (χ4v) is 2.97. The second-order valence-electron chi connectivity index (χ2n) is 6.45. The van der Waals surface area contributed by atoms with E-state index in [4.69, 9.17) is 9.47 Å². The summed E-state index contributed by atoms with van der Waals surface area (Å²) in [6, 6.07) is 5.15. The summed E-state index contributed by atoms with van der Waals surface area (Å²) in [4.78, 5) is 24.3. The van der Waals surface area contributed by atoms with Crippen molar-refractivity contribution in [3.63, 3.8) is 0 Å². The van der Waals surface area contributed by atoms with Gasteiger partial charge in [0.25, 0.3) is 0 Å². The van der Waals surface area contributed by atoms with E-state index in [0.717, 1.165) is 25.7 Å². The monoisotopic (exact) mass is 361 g/mol. The van der Waals surface area contributed by atoms with Gasteiger partial charge in [0.15, 0.2) is 0 Å². The zero-order chi connectivity index (χ0) is 18.9. The van der Waals surface area contributed by atoms with Crippen LogP contribution in [0.2, 0.25) is 0 Å². The molecule has 1 saturated carbocycles. The smallest absolute Gasteiger partial charge is 0.243 e. The van der Waals surface area contributed by atoms with Gasteiger partial charge in [-0.1, -0.05) is 19.3 Å². The lowest BCUT2D eigenvalue weighted by atomic mass is 9.89. The first-order chi connectivity index (χ1) is 12.5. The van der Waals surface area contributed by atoms with Crippen molar-refractivity contribution < 1.29 is 19.1 Å². The first kappa shape index (κ1) is 19.8. The molecule has 1 aliphatic carbocycles. The summed E-state index contributed by atoms with van der Waals surface area (Å²) >= 11 is 0. The van der Waals surface area contributed by atoms with Gasteiger partial charge in [0.05, 0.1) is 26.3 Å². The number of hydrazone groups is 1. The molecule has 0 aromatic heterocycles. The predicted octanol–water partition coefficient (Wildman–Crippen LogP) is 3.10. The van der Waals surface area contributed by atoms with Crippen LogP contribution in [0.4, 0.5) is 5.69 Å². The van der Waals surface area contributed by atoms with Crippen LogP contribution >= 0.6 is 0 Å². The topological polar surface area (TPSA) is 89.0 Å². The predicted molar refractivity (Wildman–Crippen MR) is 101 cm³/mol. The minimum Gasteiger partial charge on any atom is -0.497 e. The number of carbonyl (C=O) groups is 2. The summed E-state index contributed by atoms with van der Waals surface area (Å²) in [5.41, 5.74) is 3.68. The van der Waals surface area contributed by atoms with Gasteiger partial charge in [-0.3, -0.25) is 9.59 Å². The zero-order valence-electron chi connectivity index (χ0n) is 15.6. The molecule has 2 N–H and O–H groups in total. The molecule has 0 atom stereocenters. The molecule has 7 heteroatoms. The number of hydrogen-bond donors (Lipinski definition) is 2. The molecule has 1 fully saturated rings. The average Bonchev–Trinajstić information content (AvgIpc) is 2.67. The fraction of sp³-hybridized carbons (Fsp3) is 0.526. The van der Waals surface area contributed by atoms with Crippen LogP contribution in [0.1, 0.15) is 45.4 Å². The van der Waals surface area contributed by atoms with Crippen LogP contribution in [0.15, 0.2) is 23.3 Å². The molecule has 1 aromatic rings. The Morgan fingerprint density at radius 1 is 1.15 bits per heavy atom. The quantitative estimate of drug-likeness (QED) is 0.577. The van der Waals surface area contributed by atoms with Crippen molar-refractivity contribution in [2.45, 2.75) is 45.4 Å². The largest absolute Gasteiger partial charge is 0.497 e. The lowest BCUT2D eigenvalue weighted by Gasteiger charge is -2.19. The first-order valence-corrected chi connectivity index (χ1v) is 8.88. The molecule has 0 bridgehead atoms. The van der Waals surface area contributed by atoms with Gasteiger partial charge in [-0.05, 0) is 31.9 Å². The van der Waals surface area contributed by atoms with Crippen LogP contribution in [0.3, 0.4) is 0 Å². The van der Waals surface area contributed by atoms with E-state index in [1.54, 1.807) is 32.2 Å². The molecule has 142 valence electrons. The number of anilines is 1. The summed E-state index contributed by atoms with van der Waals surface area (Å²) in [5, 5.41) is 6.84. The maximum absolute atomic E-state index is 12.2. The molecule has 0 saturated heterocycles. The molecule has 2 rings (SSSR count). The van der Waals surface area contributed by atoms with Gasteiger partial charge in [-0.25, -0.2) is 5.43 Å². The molecule has 1 aromatic carbocycles. The van der Waals surface area contributed by atoms with E-state index in [2.05, 4.69) is 15.8 Å². The number of carbonyl (C=O) groups excluding carboxylic acids is 2. The van der Waals surface area contributed by atoms with E-state index in [1.807, 2.05) is 0 Å². The average molecular weight is 361 g/mol. The molecule has 7 nitrogen and oxygen atoms in total. The Morgan fingerprint density at radius 3 is 2.54 bits per heavy atom. The maximum atomic E-state index is 12.2. The molecule has 26 heavy (non-hydrogen) atoms. The molecule has 0 heterocycles. The molecular weight excluding hydrogens is 334 g/mol. The number of hydrogen-bond acceptors (Lipinski definition) is 5. The van der Waals surface area contributed by atoms with Crippen LogP contribution in [-0.4, -0.2) is 31.7 Å². The molecule has 0 radical (unpaired) electrons. The Kier molecular flexibility index (Phi) is 7.44. The van der Waals surface area contributed by atoms with Crippen molar-refractivity contribution in [3.8, 4) is 11.5 Å². The van der Waals surface area contributed by atoms with Gasteiger partial charge >= 0.3 is 0 Å². The van der Waals surface area contributed by atoms with Crippen molar-refractivity contribution >= 4 is 23.2 Å². The Labute approximate surface area is 154 Å². The summed E-state index contributed by atoms with van der Waals surface area (Å²) in [6.45, 7) is 1.71. The molecule has 2 amide bonds. The third kappa shape index (κ3) is 5.75. The number of benzene rings is 1. The van der Waals surface area contributed by atoms with Crippen LogP contribution < -0.4 is 20.2 Å². The second-order valence-corrected chi connectivity index (χ2v) is 6.45. The minimum absolute atomic E-state index is 0.0395. The minimum atomic E-state index is -0.235. The van der Waals surface area contributed by atoms with Crippen molar-refractivity contribution in [2.24, 2.45) is 11.0 Å². The number of rotatable bonds is 7. The van der Waals surface area contributed by atoms with Crippen LogP contribution in [0.5, 0.6) is 11.5 Å². The highest BCUT2D eigenvalue weighted by molar-refractivity contribution is 6.06. The summed E-state index contributed by atoms with van der Waals surface area (Å²) in [6.07, 6.45) is 5.29. The number of nitrogens with zero attached hydrogens (tertiary/aromatic N) is 1. The van der Waals surface area contributed by atoms with Gasteiger partial charge in [0.2, 0.25) is 11.8 Å². The van der Waals surface area contributed by atoms with E-state index in [9.17, 15) is 9.59 Å². The third-order valence-electron chi connectivity index (χ3n) is 4.43. The lowest BCUT2D eigenvalue weighted by Crippen LogP contribution is -2.29. The Bertz CT molecular complexity index is 667. The standard InChI is InChI=1S/C19H27N3O4/c1-13(21-22-19(24)14-7-5-4-6-8-14)11-18(23)20-16-10-9-15(25-2)12-17(16)26-3/h9-10,12,14H,4-8,11H2,1-3H3,(H,20,23)(H,22,24)/b21-13-. The molecular formula is C19H27N3O4. The number of nitrogens with one attached hydrogen (secondary N) is 2. The third-order valence-corrected chi connectivity index (χ3v) is 4.43. The second kappa shape index (κ2) is 9.79. The van der Waals surface area contributed by atoms with Crippen molar-refractivity contribution in [1.82, 2.24) is 5.43 Å². The van der Waals surface area contributed by atoms with E-state index < -0.39 is 0 Å². The number of ether oxygens (including phenoxy) is 2. The van der Waals surface area contributed by atoms with Gasteiger partial charge < -0.3 is 14.8 Å². The van der Waals surface area contributed by atoms with Gasteiger partial charge in [0.1, 0.15) is 11.5 Å². The van der Waals surface area contributed by atoms with E-state index in [-0.39, 0.29) is 24.2 Å². The molecule has 0 aliphatic heterocycles. The Morgan fingerprint density at radius 2 is 1.88 bits per heavy atom. The van der Waals surface area contributed by atoms with Crippen molar-refractivity contribution in [1.29, 1.82) is 0 Å². The molecule has 1 aliphatic rings. The number of methoxy groups -OCH3 is 2. The lowest BCUT2D eigenvalue weighted by molar-refractivity contribution is -0.126. The van der Waals surface area contributed by atoms with Crippen molar-refractivity contribution in [2.75, 3.05) is 19.5 Å². The zero-order valence-corrected chi connectivity index (χ0v) is 15.6. The highest BCUT2D eigenvalue weighted by Crippen LogP contribution is 2.29. The van der Waals surface area contributed by atoms with E-state index in [1.165, 1.54) is 13.5 Å². The SMILES string of the molecule is COc1ccc(NC(=O)C/C(C)=N\NC(=O)C2CCCCC2)c(OC)c1. The Balaban J connectivity index is 1.87. The molecule has 0 spiro atoms. The van der Waals surface area contributed by atoms with Crippen LogP contribution in [0.25, 0.3) is 0 Å². The summed E-state index contributed by atoms with van der Waals surface area (Å²) in [7, 11) is 3.09. The number of amides is 2. The summed E-state index contributed by atoms with van der Waals surface area (Å²) < 4.78 is 10.4. The van der Waals surface area contributed by atoms with E-state index in [0.29, 0.717) is 22.9 Å². The highest BCUT2D eigenvalue weighted by Gasteiger charge is 2.20. The van der Waals surface area contributed by atoms with E-state index >= 15 is 0 Å². The summed E-state index contributed by atoms with van der Waals surface area (Å²) in [5.74, 6) is 0.904. The van der Waals surface area contributed by atoms with Crippen LogP contribution in [0, 0.1) is 5.92 Å². The molecule has 0 unspecified atom stereocenters. The van der Waals surface area contributed by atoms with Crippen LogP contribution in [-0.2, 0) is 9.59 Å². The van der Waals surface area contributed by atoms with Crippen molar-refractivity contribution in [3.05, 3.63) is 18.2 Å².